The van der Waals surface area contributed by atoms with Gasteiger partial charge in [-0.3, -0.25) is 4.79 Å². The Kier molecular flexibility index (Phi) is 4.86. The molecule has 1 aromatic carbocycles. The van der Waals surface area contributed by atoms with E-state index in [9.17, 15) is 4.79 Å². The average Bonchev–Trinajstić information content (AvgIpc) is 2.53. The summed E-state index contributed by atoms with van der Waals surface area (Å²) < 4.78 is 0.840. The summed E-state index contributed by atoms with van der Waals surface area (Å²) in [6, 6.07) is 5.63. The van der Waals surface area contributed by atoms with Crippen LogP contribution in [0.25, 0.3) is 0 Å². The minimum atomic E-state index is -0.0208. The Morgan fingerprint density at radius 2 is 2.05 bits per heavy atom. The molecule has 19 heavy (non-hydrogen) atoms. The zero-order valence-corrected chi connectivity index (χ0v) is 12.9. The number of hydrogen-bond acceptors (Lipinski definition) is 2. The van der Waals surface area contributed by atoms with Crippen LogP contribution in [0.15, 0.2) is 22.7 Å². The second-order valence-electron chi connectivity index (χ2n) is 5.56. The molecule has 2 unspecified atom stereocenters. The lowest BCUT2D eigenvalue weighted by atomic mass is 10.0. The second-order valence-corrected chi connectivity index (χ2v) is 6.47. The van der Waals surface area contributed by atoms with Crippen molar-refractivity contribution in [2.24, 2.45) is 5.92 Å². The number of benzene rings is 1. The molecular weight excluding hydrogens is 304 g/mol. The van der Waals surface area contributed by atoms with Crippen LogP contribution in [-0.4, -0.2) is 11.9 Å². The molecule has 1 fully saturated rings. The molecule has 1 aliphatic rings. The minimum Gasteiger partial charge on any atom is -0.399 e. The number of rotatable bonds is 2. The summed E-state index contributed by atoms with van der Waals surface area (Å²) in [5.41, 5.74) is 7.00. The highest BCUT2D eigenvalue weighted by Crippen LogP contribution is 2.23. The maximum atomic E-state index is 12.2. The van der Waals surface area contributed by atoms with E-state index in [4.69, 9.17) is 5.73 Å². The maximum absolute atomic E-state index is 12.2. The van der Waals surface area contributed by atoms with E-state index in [-0.39, 0.29) is 5.91 Å². The van der Waals surface area contributed by atoms with Crippen molar-refractivity contribution in [3.8, 4) is 0 Å². The molecule has 0 aliphatic heterocycles. The van der Waals surface area contributed by atoms with Crippen molar-refractivity contribution < 1.29 is 4.79 Å². The van der Waals surface area contributed by atoms with Gasteiger partial charge in [-0.15, -0.1) is 0 Å². The van der Waals surface area contributed by atoms with Crippen LogP contribution in [-0.2, 0) is 0 Å². The van der Waals surface area contributed by atoms with E-state index >= 15 is 0 Å². The van der Waals surface area contributed by atoms with Crippen molar-refractivity contribution in [2.45, 2.75) is 45.1 Å². The Morgan fingerprint density at radius 1 is 1.26 bits per heavy atom. The standard InChI is InChI=1S/C15H21BrN2O/c1-10-3-2-4-14(6-5-10)18-15(19)11-7-12(16)9-13(17)8-11/h7-10,14H,2-6,17H2,1H3,(H,18,19). The minimum absolute atomic E-state index is 0.0208. The molecule has 1 saturated carbocycles. The SMILES string of the molecule is CC1CCCC(NC(=O)c2cc(N)cc(Br)c2)CC1. The average molecular weight is 325 g/mol. The number of halogens is 1. The quantitative estimate of drug-likeness (QED) is 0.643. The Hall–Kier alpha value is -1.03. The number of carbonyl (C=O) groups excluding carboxylic acids is 1. The number of amides is 1. The summed E-state index contributed by atoms with van der Waals surface area (Å²) in [7, 11) is 0. The number of hydrogen-bond donors (Lipinski definition) is 2. The lowest BCUT2D eigenvalue weighted by Gasteiger charge is -2.16. The number of nitrogen functional groups attached to an aromatic ring is 1. The highest BCUT2D eigenvalue weighted by atomic mass is 79.9. The van der Waals surface area contributed by atoms with Gasteiger partial charge in [-0.1, -0.05) is 35.7 Å². The molecule has 1 aromatic rings. The van der Waals surface area contributed by atoms with Crippen LogP contribution >= 0.6 is 15.9 Å². The van der Waals surface area contributed by atoms with Gasteiger partial charge in [0.05, 0.1) is 0 Å². The molecular formula is C15H21BrN2O. The van der Waals surface area contributed by atoms with Gasteiger partial charge in [-0.05, 0) is 43.4 Å². The maximum Gasteiger partial charge on any atom is 0.251 e. The first-order valence-corrected chi connectivity index (χ1v) is 7.71. The van der Waals surface area contributed by atoms with Crippen LogP contribution in [0.2, 0.25) is 0 Å². The van der Waals surface area contributed by atoms with Crippen LogP contribution in [0.5, 0.6) is 0 Å². The fourth-order valence-corrected chi connectivity index (χ4v) is 3.15. The van der Waals surface area contributed by atoms with Gasteiger partial charge in [-0.2, -0.15) is 0 Å². The van der Waals surface area contributed by atoms with E-state index < -0.39 is 0 Å². The molecule has 0 radical (unpaired) electrons. The van der Waals surface area contributed by atoms with Crippen molar-refractivity contribution in [1.82, 2.24) is 5.32 Å². The van der Waals surface area contributed by atoms with Gasteiger partial charge in [0.15, 0.2) is 0 Å². The van der Waals surface area contributed by atoms with Crippen molar-refractivity contribution in [3.63, 3.8) is 0 Å². The van der Waals surface area contributed by atoms with E-state index in [0.717, 1.165) is 23.2 Å². The van der Waals surface area contributed by atoms with Crippen LogP contribution < -0.4 is 11.1 Å². The summed E-state index contributed by atoms with van der Waals surface area (Å²) in [4.78, 5) is 12.2. The predicted octanol–water partition coefficient (Wildman–Crippen LogP) is 3.73. The van der Waals surface area contributed by atoms with Gasteiger partial charge in [0.25, 0.3) is 5.91 Å². The van der Waals surface area contributed by atoms with E-state index in [1.165, 1.54) is 19.3 Å². The number of nitrogens with two attached hydrogens (primary N) is 1. The molecule has 0 bridgehead atoms. The summed E-state index contributed by atoms with van der Waals surface area (Å²) in [5, 5.41) is 3.13. The monoisotopic (exact) mass is 324 g/mol. The van der Waals surface area contributed by atoms with Gasteiger partial charge < -0.3 is 11.1 Å². The normalized spacial score (nSPS) is 23.7. The molecule has 1 aliphatic carbocycles. The van der Waals surface area contributed by atoms with Crippen molar-refractivity contribution in [3.05, 3.63) is 28.2 Å². The molecule has 0 heterocycles. The van der Waals surface area contributed by atoms with E-state index in [1.807, 2.05) is 6.07 Å². The van der Waals surface area contributed by atoms with Gasteiger partial charge in [0.1, 0.15) is 0 Å². The highest BCUT2D eigenvalue weighted by molar-refractivity contribution is 9.10. The van der Waals surface area contributed by atoms with Crippen LogP contribution in [0, 0.1) is 5.92 Å². The third-order valence-electron chi connectivity index (χ3n) is 3.77. The van der Waals surface area contributed by atoms with Crippen LogP contribution in [0.1, 0.15) is 49.4 Å². The molecule has 1 amide bonds. The molecule has 3 nitrogen and oxygen atoms in total. The first-order chi connectivity index (χ1) is 9.04. The summed E-state index contributed by atoms with van der Waals surface area (Å²) in [6.45, 7) is 2.29. The molecule has 0 spiro atoms. The highest BCUT2D eigenvalue weighted by Gasteiger charge is 2.18. The fraction of sp³-hybridized carbons (Fsp3) is 0.533. The molecule has 0 aromatic heterocycles. The predicted molar refractivity (Wildman–Crippen MR) is 82.1 cm³/mol. The lowest BCUT2D eigenvalue weighted by Crippen LogP contribution is -2.34. The van der Waals surface area contributed by atoms with Gasteiger partial charge in [0, 0.05) is 21.8 Å². The Morgan fingerprint density at radius 3 is 2.79 bits per heavy atom. The van der Waals surface area contributed by atoms with E-state index in [0.29, 0.717) is 17.3 Å². The Bertz CT molecular complexity index is 441. The Balaban J connectivity index is 2.00. The third kappa shape index (κ3) is 4.23. The van der Waals surface area contributed by atoms with E-state index in [2.05, 4.69) is 28.2 Å². The van der Waals surface area contributed by atoms with Gasteiger partial charge in [-0.25, -0.2) is 0 Å². The van der Waals surface area contributed by atoms with Crippen molar-refractivity contribution >= 4 is 27.5 Å². The number of carbonyl (C=O) groups is 1. The molecule has 4 heteroatoms. The summed E-state index contributed by atoms with van der Waals surface area (Å²) in [5.74, 6) is 0.760. The molecule has 2 atom stereocenters. The third-order valence-corrected chi connectivity index (χ3v) is 4.23. The van der Waals surface area contributed by atoms with Crippen LogP contribution in [0.3, 0.4) is 0 Å². The number of nitrogens with one attached hydrogen (secondary N) is 1. The molecule has 0 saturated heterocycles. The fourth-order valence-electron chi connectivity index (χ4n) is 2.64. The Labute approximate surface area is 123 Å². The molecule has 104 valence electrons. The van der Waals surface area contributed by atoms with Crippen molar-refractivity contribution in [2.75, 3.05) is 5.73 Å². The first kappa shape index (κ1) is 14.4. The smallest absolute Gasteiger partial charge is 0.251 e. The molecule has 2 rings (SSSR count). The zero-order chi connectivity index (χ0) is 13.8. The molecule has 3 N–H and O–H groups in total. The van der Waals surface area contributed by atoms with Gasteiger partial charge in [0.2, 0.25) is 0 Å². The number of anilines is 1. The first-order valence-electron chi connectivity index (χ1n) is 6.91. The summed E-state index contributed by atoms with van der Waals surface area (Å²) >= 11 is 3.37. The lowest BCUT2D eigenvalue weighted by molar-refractivity contribution is 0.0933. The topological polar surface area (TPSA) is 55.1 Å². The van der Waals surface area contributed by atoms with Crippen molar-refractivity contribution in [1.29, 1.82) is 0 Å². The van der Waals surface area contributed by atoms with Crippen LogP contribution in [0.4, 0.5) is 5.69 Å². The second kappa shape index (κ2) is 6.42. The largest absolute Gasteiger partial charge is 0.399 e. The van der Waals surface area contributed by atoms with E-state index in [1.54, 1.807) is 12.1 Å². The zero-order valence-electron chi connectivity index (χ0n) is 11.3. The van der Waals surface area contributed by atoms with Gasteiger partial charge >= 0.3 is 0 Å². The summed E-state index contributed by atoms with van der Waals surface area (Å²) in [6.07, 6.45) is 5.84.